The number of pyridine rings is 1. The molecule has 0 aliphatic carbocycles. The molecule has 142 valence electrons. The largest absolute Gasteiger partial charge is 0.416 e. The summed E-state index contributed by atoms with van der Waals surface area (Å²) in [7, 11) is 0. The molecule has 28 heavy (non-hydrogen) atoms. The predicted molar refractivity (Wildman–Crippen MR) is 103 cm³/mol. The molecule has 3 nitrogen and oxygen atoms in total. The lowest BCUT2D eigenvalue weighted by Crippen LogP contribution is -2.34. The van der Waals surface area contributed by atoms with E-state index in [1.165, 1.54) is 17.7 Å². The Morgan fingerprint density at radius 1 is 1.11 bits per heavy atom. The number of aromatic nitrogens is 2. The number of hydrogen-bond donors (Lipinski definition) is 2. The van der Waals surface area contributed by atoms with Gasteiger partial charge in [0, 0.05) is 41.5 Å². The number of fused-ring (bicyclic) bond motifs is 1. The molecule has 0 fully saturated rings. The van der Waals surface area contributed by atoms with Gasteiger partial charge in [-0.25, -0.2) is 4.98 Å². The molecule has 2 aromatic heterocycles. The van der Waals surface area contributed by atoms with Crippen molar-refractivity contribution in [1.82, 2.24) is 15.3 Å². The van der Waals surface area contributed by atoms with Crippen molar-refractivity contribution in [2.45, 2.75) is 25.1 Å². The highest BCUT2D eigenvalue weighted by atomic mass is 19.4. The predicted octanol–water partition coefficient (Wildman–Crippen LogP) is 4.46. The molecule has 0 saturated carbocycles. The molecule has 1 unspecified atom stereocenters. The van der Waals surface area contributed by atoms with E-state index in [0.29, 0.717) is 5.56 Å². The summed E-state index contributed by atoms with van der Waals surface area (Å²) in [6, 6.07) is 9.18. The molecule has 1 aromatic carbocycles. The number of halogens is 3. The molecule has 0 saturated heterocycles. The molecule has 0 spiro atoms. The van der Waals surface area contributed by atoms with Gasteiger partial charge in [0.1, 0.15) is 5.65 Å². The SMILES string of the molecule is FC(F)(F)c1ccc(C#CC2=CCNC(Cc3c[nH]c4ncccc34)C2)cc1. The quantitative estimate of drug-likeness (QED) is 0.644. The van der Waals surface area contributed by atoms with E-state index < -0.39 is 11.7 Å². The van der Waals surface area contributed by atoms with E-state index in [-0.39, 0.29) is 6.04 Å². The van der Waals surface area contributed by atoms with Crippen LogP contribution in [-0.2, 0) is 12.6 Å². The number of benzene rings is 1. The molecule has 1 atom stereocenters. The number of hydrogen-bond acceptors (Lipinski definition) is 2. The molecule has 2 N–H and O–H groups in total. The van der Waals surface area contributed by atoms with Crippen molar-refractivity contribution < 1.29 is 13.2 Å². The first-order chi connectivity index (χ1) is 13.5. The van der Waals surface area contributed by atoms with Crippen LogP contribution in [0.4, 0.5) is 13.2 Å². The Kier molecular flexibility index (Phi) is 4.93. The molecule has 1 aliphatic heterocycles. The first-order valence-electron chi connectivity index (χ1n) is 9.02. The van der Waals surface area contributed by atoms with Gasteiger partial charge in [0.15, 0.2) is 0 Å². The lowest BCUT2D eigenvalue weighted by Gasteiger charge is -2.22. The molecule has 0 radical (unpaired) electrons. The maximum absolute atomic E-state index is 12.6. The smallest absolute Gasteiger partial charge is 0.346 e. The second kappa shape index (κ2) is 7.53. The number of rotatable bonds is 2. The first kappa shape index (κ1) is 18.3. The summed E-state index contributed by atoms with van der Waals surface area (Å²) in [5.41, 5.74) is 3.00. The molecule has 0 amide bonds. The molecule has 6 heteroatoms. The number of H-pyrrole nitrogens is 1. The van der Waals surface area contributed by atoms with Crippen LogP contribution in [0.2, 0.25) is 0 Å². The molecule has 1 aliphatic rings. The third-order valence-electron chi connectivity index (χ3n) is 4.80. The van der Waals surface area contributed by atoms with Crippen molar-refractivity contribution >= 4 is 11.0 Å². The van der Waals surface area contributed by atoms with Crippen LogP contribution in [0.1, 0.15) is 23.1 Å². The van der Waals surface area contributed by atoms with E-state index in [1.54, 1.807) is 6.20 Å². The maximum atomic E-state index is 12.6. The Bertz CT molecular complexity index is 1070. The summed E-state index contributed by atoms with van der Waals surface area (Å²) in [5, 5.41) is 4.59. The van der Waals surface area contributed by atoms with Crippen molar-refractivity contribution in [1.29, 1.82) is 0 Å². The second-order valence-corrected chi connectivity index (χ2v) is 6.78. The Balaban J connectivity index is 1.43. The van der Waals surface area contributed by atoms with E-state index in [2.05, 4.69) is 33.2 Å². The van der Waals surface area contributed by atoms with Gasteiger partial charge in [-0.15, -0.1) is 0 Å². The first-order valence-corrected chi connectivity index (χ1v) is 9.02. The van der Waals surface area contributed by atoms with Crippen LogP contribution < -0.4 is 5.32 Å². The van der Waals surface area contributed by atoms with Gasteiger partial charge in [-0.1, -0.05) is 17.9 Å². The highest BCUT2D eigenvalue weighted by Crippen LogP contribution is 2.29. The van der Waals surface area contributed by atoms with Crippen LogP contribution in [0.25, 0.3) is 11.0 Å². The van der Waals surface area contributed by atoms with Gasteiger partial charge >= 0.3 is 6.18 Å². The molecule has 4 rings (SSSR count). The maximum Gasteiger partial charge on any atom is 0.416 e. The van der Waals surface area contributed by atoms with E-state index in [4.69, 9.17) is 0 Å². The standard InChI is InChI=1S/C22H18F3N3/c23-22(24,25)18-7-5-15(6-8-18)3-4-16-9-11-26-19(12-16)13-17-14-28-21-20(17)2-1-10-27-21/h1-2,5-10,14,19,26H,11-13H2,(H,27,28). The van der Waals surface area contributed by atoms with Gasteiger partial charge in [0.2, 0.25) is 0 Å². The Morgan fingerprint density at radius 3 is 2.71 bits per heavy atom. The van der Waals surface area contributed by atoms with E-state index >= 15 is 0 Å². The third kappa shape index (κ3) is 4.10. The second-order valence-electron chi connectivity index (χ2n) is 6.78. The molecular formula is C22H18F3N3. The molecule has 3 heterocycles. The lowest BCUT2D eigenvalue weighted by atomic mass is 9.96. The van der Waals surface area contributed by atoms with Crippen molar-refractivity contribution in [2.75, 3.05) is 6.54 Å². The van der Waals surface area contributed by atoms with Crippen LogP contribution >= 0.6 is 0 Å². The minimum Gasteiger partial charge on any atom is -0.346 e. The van der Waals surface area contributed by atoms with Crippen molar-refractivity contribution in [3.63, 3.8) is 0 Å². The van der Waals surface area contributed by atoms with E-state index in [9.17, 15) is 13.2 Å². The fraction of sp³-hybridized carbons (Fsp3) is 0.227. The van der Waals surface area contributed by atoms with Crippen LogP contribution in [-0.4, -0.2) is 22.6 Å². The monoisotopic (exact) mass is 381 g/mol. The summed E-state index contributed by atoms with van der Waals surface area (Å²) in [4.78, 5) is 7.50. The molecule has 3 aromatic rings. The Hall–Kier alpha value is -3.04. The third-order valence-corrected chi connectivity index (χ3v) is 4.80. The fourth-order valence-electron chi connectivity index (χ4n) is 3.36. The van der Waals surface area contributed by atoms with E-state index in [1.807, 2.05) is 18.3 Å². The summed E-state index contributed by atoms with van der Waals surface area (Å²) in [5.74, 6) is 6.09. The van der Waals surface area contributed by atoms with Gasteiger partial charge in [-0.05, 0) is 54.8 Å². The van der Waals surface area contributed by atoms with Crippen LogP contribution in [0.5, 0.6) is 0 Å². The minimum absolute atomic E-state index is 0.251. The molecular weight excluding hydrogens is 363 g/mol. The number of nitrogens with one attached hydrogen (secondary N) is 2. The minimum atomic E-state index is -4.32. The number of alkyl halides is 3. The summed E-state index contributed by atoms with van der Waals surface area (Å²) >= 11 is 0. The van der Waals surface area contributed by atoms with Crippen LogP contribution in [0.3, 0.4) is 0 Å². The summed E-state index contributed by atoms with van der Waals surface area (Å²) < 4.78 is 37.9. The highest BCUT2D eigenvalue weighted by molar-refractivity contribution is 5.79. The van der Waals surface area contributed by atoms with Gasteiger partial charge in [-0.2, -0.15) is 13.2 Å². The Labute approximate surface area is 160 Å². The van der Waals surface area contributed by atoms with Crippen LogP contribution in [0.15, 0.2) is 60.4 Å². The Morgan fingerprint density at radius 2 is 1.93 bits per heavy atom. The van der Waals surface area contributed by atoms with Crippen molar-refractivity contribution in [3.8, 4) is 11.8 Å². The normalized spacial score (nSPS) is 17.1. The number of aromatic amines is 1. The zero-order valence-corrected chi connectivity index (χ0v) is 15.0. The highest BCUT2D eigenvalue weighted by Gasteiger charge is 2.29. The lowest BCUT2D eigenvalue weighted by molar-refractivity contribution is -0.137. The van der Waals surface area contributed by atoms with Gasteiger partial charge in [-0.3, -0.25) is 0 Å². The topological polar surface area (TPSA) is 40.7 Å². The summed E-state index contributed by atoms with van der Waals surface area (Å²) in [6.45, 7) is 0.725. The average Bonchev–Trinajstić information content (AvgIpc) is 3.09. The number of nitrogens with zero attached hydrogens (tertiary/aromatic N) is 1. The average molecular weight is 381 g/mol. The van der Waals surface area contributed by atoms with Crippen molar-refractivity contribution in [3.05, 3.63) is 77.1 Å². The van der Waals surface area contributed by atoms with Gasteiger partial charge in [0.05, 0.1) is 5.56 Å². The van der Waals surface area contributed by atoms with Crippen molar-refractivity contribution in [2.24, 2.45) is 0 Å². The van der Waals surface area contributed by atoms with Crippen LogP contribution in [0, 0.1) is 11.8 Å². The zero-order chi connectivity index (χ0) is 19.6. The summed E-state index contributed by atoms with van der Waals surface area (Å²) in [6.07, 6.45) is 3.09. The van der Waals surface area contributed by atoms with Gasteiger partial charge in [0.25, 0.3) is 0 Å². The van der Waals surface area contributed by atoms with E-state index in [0.717, 1.165) is 48.1 Å². The zero-order valence-electron chi connectivity index (χ0n) is 15.0. The van der Waals surface area contributed by atoms with Gasteiger partial charge < -0.3 is 10.3 Å². The molecule has 0 bridgehead atoms. The fourth-order valence-corrected chi connectivity index (χ4v) is 3.36.